The van der Waals surface area contributed by atoms with Crippen molar-refractivity contribution in [3.05, 3.63) is 0 Å². The Hall–Kier alpha value is -0.610. The van der Waals surface area contributed by atoms with Crippen molar-refractivity contribution in [3.63, 3.8) is 0 Å². The minimum atomic E-state index is -0.179. The van der Waals surface area contributed by atoms with E-state index in [-0.39, 0.29) is 18.6 Å². The van der Waals surface area contributed by atoms with Gasteiger partial charge >= 0.3 is 5.97 Å². The Kier molecular flexibility index (Phi) is 4.35. The van der Waals surface area contributed by atoms with Gasteiger partial charge in [0.25, 0.3) is 0 Å². The van der Waals surface area contributed by atoms with Crippen LogP contribution in [0.25, 0.3) is 0 Å². The molecule has 2 unspecified atom stereocenters. The summed E-state index contributed by atoms with van der Waals surface area (Å²) in [5, 5.41) is 9.17. The molecule has 14 heavy (non-hydrogen) atoms. The number of methoxy groups -OCH3 is 1. The van der Waals surface area contributed by atoms with Crippen LogP contribution in [-0.4, -0.2) is 48.8 Å². The van der Waals surface area contributed by atoms with Crippen LogP contribution in [0.4, 0.5) is 0 Å². The Morgan fingerprint density at radius 3 is 2.93 bits per heavy atom. The summed E-state index contributed by atoms with van der Waals surface area (Å²) >= 11 is 0. The van der Waals surface area contributed by atoms with E-state index in [0.29, 0.717) is 18.9 Å². The van der Waals surface area contributed by atoms with Crippen LogP contribution in [0.3, 0.4) is 0 Å². The Morgan fingerprint density at radius 1 is 1.64 bits per heavy atom. The van der Waals surface area contributed by atoms with Gasteiger partial charge in [-0.3, -0.25) is 9.69 Å². The molecule has 82 valence electrons. The molecule has 0 saturated carbocycles. The standard InChI is InChI=1S/C10H19NO3/c1-8-3-5-11(9(8)7-12)6-4-10(13)14-2/h8-9,12H,3-7H2,1-2H3. The molecule has 0 aromatic heterocycles. The molecule has 1 N–H and O–H groups in total. The highest BCUT2D eigenvalue weighted by Gasteiger charge is 2.30. The summed E-state index contributed by atoms with van der Waals surface area (Å²) in [6, 6.07) is 0.222. The van der Waals surface area contributed by atoms with Crippen LogP contribution in [0, 0.1) is 5.92 Å². The average molecular weight is 201 g/mol. The maximum atomic E-state index is 10.9. The molecule has 0 aliphatic carbocycles. The number of carbonyl (C=O) groups excluding carboxylic acids is 1. The zero-order chi connectivity index (χ0) is 10.6. The van der Waals surface area contributed by atoms with Gasteiger partial charge in [0.05, 0.1) is 20.1 Å². The van der Waals surface area contributed by atoms with E-state index in [0.717, 1.165) is 13.0 Å². The van der Waals surface area contributed by atoms with E-state index in [1.165, 1.54) is 7.11 Å². The first kappa shape index (κ1) is 11.5. The number of ether oxygens (including phenoxy) is 1. The molecular weight excluding hydrogens is 182 g/mol. The molecule has 4 nitrogen and oxygen atoms in total. The first-order valence-corrected chi connectivity index (χ1v) is 5.10. The Morgan fingerprint density at radius 2 is 2.36 bits per heavy atom. The van der Waals surface area contributed by atoms with Crippen molar-refractivity contribution >= 4 is 5.97 Å². The molecule has 1 heterocycles. The van der Waals surface area contributed by atoms with Crippen LogP contribution in [0.5, 0.6) is 0 Å². The van der Waals surface area contributed by atoms with E-state index >= 15 is 0 Å². The molecule has 1 aliphatic heterocycles. The van der Waals surface area contributed by atoms with Crippen LogP contribution in [0.1, 0.15) is 19.8 Å². The molecule has 0 aromatic carbocycles. The van der Waals surface area contributed by atoms with Crippen molar-refractivity contribution in [2.24, 2.45) is 5.92 Å². The third-order valence-electron chi connectivity index (χ3n) is 3.02. The molecule has 1 aliphatic rings. The van der Waals surface area contributed by atoms with Gasteiger partial charge in [0, 0.05) is 12.6 Å². The van der Waals surface area contributed by atoms with Gasteiger partial charge in [0.15, 0.2) is 0 Å². The molecule has 0 amide bonds. The van der Waals surface area contributed by atoms with Crippen LogP contribution >= 0.6 is 0 Å². The highest BCUT2D eigenvalue weighted by molar-refractivity contribution is 5.69. The van der Waals surface area contributed by atoms with Crippen molar-refractivity contribution in [3.8, 4) is 0 Å². The lowest BCUT2D eigenvalue weighted by molar-refractivity contribution is -0.141. The number of carbonyl (C=O) groups is 1. The molecule has 2 atom stereocenters. The molecule has 1 saturated heterocycles. The fraction of sp³-hybridized carbons (Fsp3) is 0.900. The quantitative estimate of drug-likeness (QED) is 0.662. The highest BCUT2D eigenvalue weighted by atomic mass is 16.5. The molecule has 0 bridgehead atoms. The van der Waals surface area contributed by atoms with E-state index in [9.17, 15) is 9.90 Å². The summed E-state index contributed by atoms with van der Waals surface area (Å²) in [6.07, 6.45) is 1.52. The smallest absolute Gasteiger partial charge is 0.306 e. The largest absolute Gasteiger partial charge is 0.469 e. The molecular formula is C10H19NO3. The minimum Gasteiger partial charge on any atom is -0.469 e. The zero-order valence-corrected chi connectivity index (χ0v) is 8.90. The number of hydrogen-bond donors (Lipinski definition) is 1. The lowest BCUT2D eigenvalue weighted by Crippen LogP contribution is -2.36. The van der Waals surface area contributed by atoms with Gasteiger partial charge in [0.1, 0.15) is 0 Å². The predicted molar refractivity (Wildman–Crippen MR) is 52.9 cm³/mol. The molecule has 1 rings (SSSR count). The molecule has 0 spiro atoms. The fourth-order valence-corrected chi connectivity index (χ4v) is 2.00. The van der Waals surface area contributed by atoms with Gasteiger partial charge in [-0.25, -0.2) is 0 Å². The van der Waals surface area contributed by atoms with Crippen molar-refractivity contribution in [1.82, 2.24) is 4.90 Å². The summed E-state index contributed by atoms with van der Waals surface area (Å²) in [5.41, 5.74) is 0. The van der Waals surface area contributed by atoms with Crippen LogP contribution in [-0.2, 0) is 9.53 Å². The summed E-state index contributed by atoms with van der Waals surface area (Å²) in [5.74, 6) is 0.346. The number of aliphatic hydroxyl groups excluding tert-OH is 1. The number of rotatable bonds is 4. The van der Waals surface area contributed by atoms with E-state index < -0.39 is 0 Å². The molecule has 0 radical (unpaired) electrons. The first-order valence-electron chi connectivity index (χ1n) is 5.10. The second kappa shape index (κ2) is 5.32. The fourth-order valence-electron chi connectivity index (χ4n) is 2.00. The van der Waals surface area contributed by atoms with Gasteiger partial charge in [-0.05, 0) is 18.9 Å². The minimum absolute atomic E-state index is 0.179. The Labute approximate surface area is 84.8 Å². The highest BCUT2D eigenvalue weighted by Crippen LogP contribution is 2.23. The Bertz CT molecular complexity index is 196. The molecule has 1 fully saturated rings. The van der Waals surface area contributed by atoms with Crippen LogP contribution in [0.2, 0.25) is 0 Å². The first-order chi connectivity index (χ1) is 6.69. The number of esters is 1. The molecule has 4 heteroatoms. The number of likely N-dealkylation sites (tertiary alicyclic amines) is 1. The summed E-state index contributed by atoms with van der Waals surface area (Å²) in [6.45, 7) is 3.99. The topological polar surface area (TPSA) is 49.8 Å². The number of nitrogens with zero attached hydrogens (tertiary/aromatic N) is 1. The predicted octanol–water partition coefficient (Wildman–Crippen LogP) is 0.252. The van der Waals surface area contributed by atoms with E-state index in [2.05, 4.69) is 16.6 Å². The van der Waals surface area contributed by atoms with Gasteiger partial charge < -0.3 is 9.84 Å². The van der Waals surface area contributed by atoms with Crippen molar-refractivity contribution in [2.75, 3.05) is 26.8 Å². The average Bonchev–Trinajstić information content (AvgIpc) is 2.55. The summed E-state index contributed by atoms with van der Waals surface area (Å²) in [4.78, 5) is 13.1. The zero-order valence-electron chi connectivity index (χ0n) is 8.90. The Balaban J connectivity index is 2.33. The van der Waals surface area contributed by atoms with Gasteiger partial charge in [-0.2, -0.15) is 0 Å². The van der Waals surface area contributed by atoms with Crippen LogP contribution < -0.4 is 0 Å². The number of hydrogen-bond acceptors (Lipinski definition) is 4. The molecule has 0 aromatic rings. The third kappa shape index (κ3) is 2.69. The van der Waals surface area contributed by atoms with Crippen LogP contribution in [0.15, 0.2) is 0 Å². The second-order valence-corrected chi connectivity index (χ2v) is 3.88. The SMILES string of the molecule is COC(=O)CCN1CCC(C)C1CO. The summed E-state index contributed by atoms with van der Waals surface area (Å²) in [7, 11) is 1.40. The van der Waals surface area contributed by atoms with E-state index in [4.69, 9.17) is 0 Å². The summed E-state index contributed by atoms with van der Waals surface area (Å²) < 4.78 is 4.58. The second-order valence-electron chi connectivity index (χ2n) is 3.88. The van der Waals surface area contributed by atoms with Crippen molar-refractivity contribution in [2.45, 2.75) is 25.8 Å². The maximum Gasteiger partial charge on any atom is 0.306 e. The third-order valence-corrected chi connectivity index (χ3v) is 3.02. The maximum absolute atomic E-state index is 10.9. The van der Waals surface area contributed by atoms with E-state index in [1.807, 2.05) is 0 Å². The lowest BCUT2D eigenvalue weighted by Gasteiger charge is -2.24. The lowest BCUT2D eigenvalue weighted by atomic mass is 10.0. The van der Waals surface area contributed by atoms with Gasteiger partial charge in [-0.15, -0.1) is 0 Å². The monoisotopic (exact) mass is 201 g/mol. The number of aliphatic hydroxyl groups is 1. The van der Waals surface area contributed by atoms with Crippen molar-refractivity contribution < 1.29 is 14.6 Å². The van der Waals surface area contributed by atoms with Crippen molar-refractivity contribution in [1.29, 1.82) is 0 Å². The van der Waals surface area contributed by atoms with Gasteiger partial charge in [-0.1, -0.05) is 6.92 Å². The normalized spacial score (nSPS) is 27.9. The van der Waals surface area contributed by atoms with E-state index in [1.54, 1.807) is 0 Å². The van der Waals surface area contributed by atoms with Gasteiger partial charge in [0.2, 0.25) is 0 Å².